The predicted molar refractivity (Wildman–Crippen MR) is 86.6 cm³/mol. The molecule has 0 saturated carbocycles. The molecule has 0 amide bonds. The molecule has 0 unspecified atom stereocenters. The molecule has 2 heteroatoms. The third-order valence-electron chi connectivity index (χ3n) is 3.96. The highest BCUT2D eigenvalue weighted by Gasteiger charge is 2.09. The Hall–Kier alpha value is -0.533. The van der Waals surface area contributed by atoms with Crippen molar-refractivity contribution in [2.75, 3.05) is 0 Å². The second-order valence-corrected chi connectivity index (χ2v) is 7.12. The molecule has 2 radical (unpaired) electrons. The normalized spacial score (nSPS) is 22.4. The second-order valence-electron chi connectivity index (χ2n) is 5.58. The van der Waals surface area contributed by atoms with Crippen LogP contribution in [0.3, 0.4) is 0 Å². The lowest BCUT2D eigenvalue weighted by molar-refractivity contribution is 0.578. The van der Waals surface area contributed by atoms with Gasteiger partial charge in [-0.3, -0.25) is 0 Å². The number of halogens is 1. The fourth-order valence-electron chi connectivity index (χ4n) is 2.70. The van der Waals surface area contributed by atoms with Gasteiger partial charge in [-0.25, -0.2) is 0 Å². The van der Waals surface area contributed by atoms with E-state index in [1.165, 1.54) is 38.5 Å². The Morgan fingerprint density at radius 3 is 1.68 bits per heavy atom. The molecule has 0 bridgehead atoms. The van der Waals surface area contributed by atoms with Gasteiger partial charge in [-0.2, -0.15) is 11.1 Å². The number of allylic oxidation sites excluding steroid dienone is 8. The molecule has 0 aromatic carbocycles. The molecule has 0 N–H and O–H groups in total. The Labute approximate surface area is 124 Å². The van der Waals surface area contributed by atoms with Crippen molar-refractivity contribution in [2.45, 2.75) is 44.1 Å². The molecule has 2 aliphatic rings. The summed E-state index contributed by atoms with van der Waals surface area (Å²) in [6.07, 6.45) is 25.9. The average molecular weight is 291 g/mol. The van der Waals surface area contributed by atoms with Crippen molar-refractivity contribution in [2.24, 2.45) is 11.8 Å². The molecule has 2 aliphatic carbocycles. The van der Waals surface area contributed by atoms with Gasteiger partial charge in [-0.05, 0) is 50.4 Å². The smallest absolute Gasteiger partial charge is 0.170 e. The standard InChI is InChI=1S/C17H23ClSi/c18-19-17(13-5-11-15-7-1-2-8-15)14-6-12-16-9-3-4-10-16/h1-6,13-17H,7-12H2. The fourth-order valence-corrected chi connectivity index (χ4v) is 3.56. The topological polar surface area (TPSA) is 0 Å². The van der Waals surface area contributed by atoms with E-state index in [9.17, 15) is 0 Å². The Bertz CT molecular complexity index is 317. The van der Waals surface area contributed by atoms with Crippen LogP contribution in [-0.4, -0.2) is 8.83 Å². The molecule has 0 nitrogen and oxygen atoms in total. The van der Waals surface area contributed by atoms with Crippen LogP contribution in [0.15, 0.2) is 48.6 Å². The van der Waals surface area contributed by atoms with E-state index in [0.717, 1.165) is 11.8 Å². The zero-order chi connectivity index (χ0) is 13.3. The molecule has 102 valence electrons. The summed E-state index contributed by atoms with van der Waals surface area (Å²) in [6.45, 7) is 0. The first-order chi connectivity index (χ1) is 9.38. The molecule has 0 heterocycles. The van der Waals surface area contributed by atoms with E-state index < -0.39 is 0 Å². The van der Waals surface area contributed by atoms with E-state index >= 15 is 0 Å². The minimum Gasteiger partial charge on any atom is -0.170 e. The zero-order valence-corrected chi connectivity index (χ0v) is 13.2. The molecule has 0 atom stereocenters. The maximum atomic E-state index is 6.06. The molecule has 0 aromatic rings. The molecular formula is C17H23ClSi. The number of hydrogen-bond donors (Lipinski definition) is 0. The molecule has 0 fully saturated rings. The van der Waals surface area contributed by atoms with Crippen molar-refractivity contribution in [1.29, 1.82) is 0 Å². The van der Waals surface area contributed by atoms with Crippen molar-refractivity contribution >= 4 is 19.9 Å². The van der Waals surface area contributed by atoms with Crippen LogP contribution in [0.5, 0.6) is 0 Å². The molecule has 0 spiro atoms. The SMILES string of the molecule is Cl[Si]C(C=CCC1CC=CC1)C=CCC1CC=CC1. The fraction of sp³-hybridized carbons (Fsp3) is 0.529. The van der Waals surface area contributed by atoms with Gasteiger partial charge in [0.15, 0.2) is 8.83 Å². The summed E-state index contributed by atoms with van der Waals surface area (Å²) in [5, 5.41) is 0. The zero-order valence-electron chi connectivity index (χ0n) is 11.5. The highest BCUT2D eigenvalue weighted by atomic mass is 35.6. The van der Waals surface area contributed by atoms with E-state index in [4.69, 9.17) is 11.1 Å². The first-order valence-corrected chi connectivity index (χ1v) is 9.47. The van der Waals surface area contributed by atoms with Crippen LogP contribution in [0.2, 0.25) is 5.54 Å². The van der Waals surface area contributed by atoms with Gasteiger partial charge in [0.25, 0.3) is 0 Å². The number of hydrogen-bond acceptors (Lipinski definition) is 0. The summed E-state index contributed by atoms with van der Waals surface area (Å²) in [4.78, 5) is 0. The summed E-state index contributed by atoms with van der Waals surface area (Å²) in [7, 11) is 0.457. The van der Waals surface area contributed by atoms with Crippen LogP contribution in [-0.2, 0) is 0 Å². The second kappa shape index (κ2) is 8.60. The minimum absolute atomic E-state index is 0.436. The first-order valence-electron chi connectivity index (χ1n) is 7.38. The Kier molecular flexibility index (Phi) is 6.73. The van der Waals surface area contributed by atoms with E-state index in [1.54, 1.807) is 0 Å². The summed E-state index contributed by atoms with van der Waals surface area (Å²) >= 11 is 6.06. The van der Waals surface area contributed by atoms with Gasteiger partial charge >= 0.3 is 0 Å². The quantitative estimate of drug-likeness (QED) is 0.332. The molecule has 0 saturated heterocycles. The molecule has 0 aromatic heterocycles. The summed E-state index contributed by atoms with van der Waals surface area (Å²) < 4.78 is 0. The Morgan fingerprint density at radius 1 is 0.895 bits per heavy atom. The monoisotopic (exact) mass is 290 g/mol. The van der Waals surface area contributed by atoms with E-state index in [0.29, 0.717) is 14.4 Å². The van der Waals surface area contributed by atoms with Crippen molar-refractivity contribution in [3.63, 3.8) is 0 Å². The van der Waals surface area contributed by atoms with Crippen LogP contribution < -0.4 is 0 Å². The van der Waals surface area contributed by atoms with Gasteiger partial charge < -0.3 is 0 Å². The lowest BCUT2D eigenvalue weighted by Crippen LogP contribution is -1.94. The van der Waals surface area contributed by atoms with Crippen molar-refractivity contribution in [1.82, 2.24) is 0 Å². The lowest BCUT2D eigenvalue weighted by atomic mass is 10.0. The maximum Gasteiger partial charge on any atom is 0.183 e. The first kappa shape index (κ1) is 14.9. The van der Waals surface area contributed by atoms with Crippen LogP contribution >= 0.6 is 11.1 Å². The van der Waals surface area contributed by atoms with Gasteiger partial charge in [0, 0.05) is 5.54 Å². The van der Waals surface area contributed by atoms with Crippen LogP contribution in [0.4, 0.5) is 0 Å². The van der Waals surface area contributed by atoms with Gasteiger partial charge in [-0.1, -0.05) is 48.6 Å². The maximum absolute atomic E-state index is 6.06. The van der Waals surface area contributed by atoms with Gasteiger partial charge in [0.05, 0.1) is 0 Å². The summed E-state index contributed by atoms with van der Waals surface area (Å²) in [6, 6.07) is 0. The molecule has 0 aliphatic heterocycles. The van der Waals surface area contributed by atoms with E-state index in [2.05, 4.69) is 48.6 Å². The third kappa shape index (κ3) is 5.54. The lowest BCUT2D eigenvalue weighted by Gasteiger charge is -2.07. The Balaban J connectivity index is 1.66. The van der Waals surface area contributed by atoms with Crippen molar-refractivity contribution < 1.29 is 0 Å². The van der Waals surface area contributed by atoms with Crippen LogP contribution in [0, 0.1) is 11.8 Å². The summed E-state index contributed by atoms with van der Waals surface area (Å²) in [5.41, 5.74) is 0.436. The number of rotatable bonds is 7. The average Bonchev–Trinajstić information content (AvgIpc) is 3.10. The molecule has 2 rings (SSSR count). The van der Waals surface area contributed by atoms with Crippen molar-refractivity contribution in [3.8, 4) is 0 Å². The van der Waals surface area contributed by atoms with Gasteiger partial charge in [0.1, 0.15) is 0 Å². The van der Waals surface area contributed by atoms with E-state index in [1.807, 2.05) is 0 Å². The molecular weight excluding hydrogens is 268 g/mol. The third-order valence-corrected chi connectivity index (χ3v) is 5.36. The minimum atomic E-state index is 0.436. The summed E-state index contributed by atoms with van der Waals surface area (Å²) in [5.74, 6) is 1.67. The van der Waals surface area contributed by atoms with Gasteiger partial charge in [-0.15, -0.1) is 0 Å². The Morgan fingerprint density at radius 2 is 1.32 bits per heavy atom. The van der Waals surface area contributed by atoms with Crippen molar-refractivity contribution in [3.05, 3.63) is 48.6 Å². The van der Waals surface area contributed by atoms with Gasteiger partial charge in [0.2, 0.25) is 0 Å². The largest absolute Gasteiger partial charge is 0.183 e. The van der Waals surface area contributed by atoms with Crippen LogP contribution in [0.1, 0.15) is 38.5 Å². The van der Waals surface area contributed by atoms with Crippen LogP contribution in [0.25, 0.3) is 0 Å². The highest BCUT2D eigenvalue weighted by Crippen LogP contribution is 2.24. The molecule has 19 heavy (non-hydrogen) atoms. The highest BCUT2D eigenvalue weighted by molar-refractivity contribution is 6.95. The predicted octanol–water partition coefficient (Wildman–Crippen LogP) is 5.46. The van der Waals surface area contributed by atoms with E-state index in [-0.39, 0.29) is 0 Å².